The summed E-state index contributed by atoms with van der Waals surface area (Å²) >= 11 is 5.98. The average Bonchev–Trinajstić information content (AvgIpc) is 2.52. The van der Waals surface area contributed by atoms with Crippen molar-refractivity contribution in [2.75, 3.05) is 0 Å². The van der Waals surface area contributed by atoms with E-state index < -0.39 is 32.8 Å². The van der Waals surface area contributed by atoms with E-state index in [0.29, 0.717) is 0 Å². The molecule has 5 nitrogen and oxygen atoms in total. The zero-order chi connectivity index (χ0) is 20.0. The molecule has 3 aromatic rings. The van der Waals surface area contributed by atoms with E-state index in [1.807, 2.05) is 0 Å². The van der Waals surface area contributed by atoms with Crippen molar-refractivity contribution in [3.63, 3.8) is 0 Å². The van der Waals surface area contributed by atoms with Gasteiger partial charge >= 0.3 is 21.3 Å². The Kier molecular flexibility index (Phi) is 4.64. The van der Waals surface area contributed by atoms with Crippen molar-refractivity contribution in [3.05, 3.63) is 63.7 Å². The molecule has 0 radical (unpaired) electrons. The Labute approximate surface area is 153 Å². The minimum Gasteiger partial charge on any atom is -0.423 e. The largest absolute Gasteiger partial charge is 0.534 e. The van der Waals surface area contributed by atoms with Gasteiger partial charge in [0.05, 0.1) is 5.02 Å². The number of halogens is 5. The second-order valence-corrected chi connectivity index (χ2v) is 7.19. The zero-order valence-electron chi connectivity index (χ0n) is 12.9. The first-order valence-corrected chi connectivity index (χ1v) is 8.81. The van der Waals surface area contributed by atoms with E-state index in [2.05, 4.69) is 4.18 Å². The fourth-order valence-electron chi connectivity index (χ4n) is 2.30. The lowest BCUT2D eigenvalue weighted by molar-refractivity contribution is -0.0500. The molecule has 3 rings (SSSR count). The Morgan fingerprint density at radius 1 is 1.00 bits per heavy atom. The molecule has 0 aliphatic carbocycles. The van der Waals surface area contributed by atoms with Crippen molar-refractivity contribution in [3.8, 4) is 16.9 Å². The van der Waals surface area contributed by atoms with Crippen molar-refractivity contribution in [1.29, 1.82) is 0 Å². The number of benzene rings is 2. The zero-order valence-corrected chi connectivity index (χ0v) is 14.5. The first-order valence-electron chi connectivity index (χ1n) is 7.02. The molecule has 2 aromatic carbocycles. The molecule has 0 fully saturated rings. The number of rotatable bonds is 3. The Balaban J connectivity index is 2.16. The molecule has 0 N–H and O–H groups in total. The lowest BCUT2D eigenvalue weighted by Crippen LogP contribution is -2.28. The fourth-order valence-corrected chi connectivity index (χ4v) is 3.02. The highest BCUT2D eigenvalue weighted by Crippen LogP contribution is 2.35. The lowest BCUT2D eigenvalue weighted by Gasteiger charge is -2.11. The highest BCUT2D eigenvalue weighted by Gasteiger charge is 2.48. The molecular formula is C16H7ClF4O5S. The van der Waals surface area contributed by atoms with Crippen LogP contribution in [0.15, 0.2) is 51.7 Å². The first kappa shape index (κ1) is 19.2. The Morgan fingerprint density at radius 3 is 2.33 bits per heavy atom. The Bertz CT molecular complexity index is 1200. The number of hydrogen-bond donors (Lipinski definition) is 0. The average molecular weight is 423 g/mol. The van der Waals surface area contributed by atoms with Gasteiger partial charge in [0.1, 0.15) is 17.1 Å². The van der Waals surface area contributed by atoms with Gasteiger partial charge in [-0.1, -0.05) is 11.6 Å². The van der Waals surface area contributed by atoms with Crippen molar-refractivity contribution in [2.45, 2.75) is 5.51 Å². The maximum absolute atomic E-state index is 13.2. The van der Waals surface area contributed by atoms with Gasteiger partial charge in [-0.05, 0) is 30.3 Å². The SMILES string of the molecule is O=c1cc(-c2ccc(F)cc2Cl)c2ccc(OS(=O)(=O)C(F)(F)F)cc2o1. The van der Waals surface area contributed by atoms with Crippen LogP contribution in [0.25, 0.3) is 22.1 Å². The van der Waals surface area contributed by atoms with E-state index in [9.17, 15) is 30.8 Å². The number of hydrogen-bond acceptors (Lipinski definition) is 5. The highest BCUT2D eigenvalue weighted by atomic mass is 35.5. The molecular weight excluding hydrogens is 416 g/mol. The van der Waals surface area contributed by atoms with Crippen LogP contribution in [0.2, 0.25) is 5.02 Å². The van der Waals surface area contributed by atoms with E-state index in [1.165, 1.54) is 12.1 Å². The predicted octanol–water partition coefficient (Wildman–Crippen LogP) is 4.48. The minimum absolute atomic E-state index is 0.0122. The van der Waals surface area contributed by atoms with Gasteiger partial charge in [-0.25, -0.2) is 9.18 Å². The van der Waals surface area contributed by atoms with Crippen LogP contribution in [0.4, 0.5) is 17.6 Å². The third-order valence-electron chi connectivity index (χ3n) is 3.43. The van der Waals surface area contributed by atoms with Crippen LogP contribution in [0.1, 0.15) is 0 Å². The van der Waals surface area contributed by atoms with Gasteiger partial charge in [0.15, 0.2) is 0 Å². The summed E-state index contributed by atoms with van der Waals surface area (Å²) in [4.78, 5) is 11.8. The monoisotopic (exact) mass is 422 g/mol. The van der Waals surface area contributed by atoms with E-state index in [-0.39, 0.29) is 27.1 Å². The predicted molar refractivity (Wildman–Crippen MR) is 88.5 cm³/mol. The minimum atomic E-state index is -5.89. The molecule has 0 amide bonds. The molecule has 0 bridgehead atoms. The summed E-state index contributed by atoms with van der Waals surface area (Å²) in [6.07, 6.45) is 0. The van der Waals surface area contributed by atoms with E-state index in [0.717, 1.165) is 30.3 Å². The van der Waals surface area contributed by atoms with Crippen molar-refractivity contribution < 1.29 is 34.6 Å². The van der Waals surface area contributed by atoms with Gasteiger partial charge in [-0.2, -0.15) is 21.6 Å². The third-order valence-corrected chi connectivity index (χ3v) is 4.72. The summed E-state index contributed by atoms with van der Waals surface area (Å²) in [7, 11) is -5.89. The van der Waals surface area contributed by atoms with E-state index >= 15 is 0 Å². The van der Waals surface area contributed by atoms with Crippen LogP contribution in [0, 0.1) is 5.82 Å². The molecule has 0 saturated carbocycles. The quantitative estimate of drug-likeness (QED) is 0.269. The molecule has 1 heterocycles. The van der Waals surface area contributed by atoms with Crippen molar-refractivity contribution in [1.82, 2.24) is 0 Å². The van der Waals surface area contributed by atoms with Crippen molar-refractivity contribution in [2.24, 2.45) is 0 Å². The maximum Gasteiger partial charge on any atom is 0.534 e. The first-order chi connectivity index (χ1) is 12.5. The summed E-state index contributed by atoms with van der Waals surface area (Å²) in [5.41, 5.74) is -6.25. The summed E-state index contributed by atoms with van der Waals surface area (Å²) in [5, 5.41) is 0.210. The van der Waals surface area contributed by atoms with Crippen LogP contribution in [-0.2, 0) is 10.1 Å². The second-order valence-electron chi connectivity index (χ2n) is 5.24. The number of fused-ring (bicyclic) bond motifs is 1. The van der Waals surface area contributed by atoms with Crippen LogP contribution in [0.3, 0.4) is 0 Å². The highest BCUT2D eigenvalue weighted by molar-refractivity contribution is 7.88. The smallest absolute Gasteiger partial charge is 0.423 e. The van der Waals surface area contributed by atoms with Gasteiger partial charge < -0.3 is 8.60 Å². The molecule has 142 valence electrons. The molecule has 0 unspecified atom stereocenters. The summed E-state index contributed by atoms with van der Waals surface area (Å²) < 4.78 is 81.6. The second kappa shape index (κ2) is 6.54. The van der Waals surface area contributed by atoms with Crippen LogP contribution < -0.4 is 9.81 Å². The van der Waals surface area contributed by atoms with Gasteiger partial charge in [-0.15, -0.1) is 0 Å². The molecule has 27 heavy (non-hydrogen) atoms. The standard InChI is InChI=1S/C16H7ClF4O5S/c17-13-5-8(18)1-3-10(13)12-7-15(22)25-14-6-9(2-4-11(12)14)26-27(23,24)16(19,20)21/h1-7H. The normalized spacial score (nSPS) is 12.3. The topological polar surface area (TPSA) is 73.6 Å². The Hall–Kier alpha value is -2.59. The van der Waals surface area contributed by atoms with E-state index in [4.69, 9.17) is 16.0 Å². The van der Waals surface area contributed by atoms with Gasteiger partial charge in [-0.3, -0.25) is 0 Å². The van der Waals surface area contributed by atoms with Gasteiger partial charge in [0, 0.05) is 28.6 Å². The molecule has 0 saturated heterocycles. The van der Waals surface area contributed by atoms with Crippen LogP contribution in [0.5, 0.6) is 5.75 Å². The number of alkyl halides is 3. The fraction of sp³-hybridized carbons (Fsp3) is 0.0625. The van der Waals surface area contributed by atoms with Gasteiger partial charge in [0.2, 0.25) is 0 Å². The van der Waals surface area contributed by atoms with Gasteiger partial charge in [0.25, 0.3) is 0 Å². The van der Waals surface area contributed by atoms with Crippen molar-refractivity contribution >= 4 is 32.7 Å². The molecule has 1 aromatic heterocycles. The molecule has 11 heteroatoms. The summed E-state index contributed by atoms with van der Waals surface area (Å²) in [6, 6.07) is 7.46. The third kappa shape index (κ3) is 3.76. The molecule has 0 aliphatic heterocycles. The molecule has 0 spiro atoms. The Morgan fingerprint density at radius 2 is 1.70 bits per heavy atom. The lowest BCUT2D eigenvalue weighted by atomic mass is 10.0. The molecule has 0 aliphatic rings. The van der Waals surface area contributed by atoms with Crippen LogP contribution in [-0.4, -0.2) is 13.9 Å². The van der Waals surface area contributed by atoms with E-state index in [1.54, 1.807) is 0 Å². The van der Waals surface area contributed by atoms with Crippen LogP contribution >= 0.6 is 11.6 Å². The molecule has 0 atom stereocenters. The summed E-state index contributed by atoms with van der Waals surface area (Å²) in [5.74, 6) is -1.31. The maximum atomic E-state index is 13.2. The summed E-state index contributed by atoms with van der Waals surface area (Å²) in [6.45, 7) is 0.